The summed E-state index contributed by atoms with van der Waals surface area (Å²) in [5, 5.41) is 4.80. The van der Waals surface area contributed by atoms with Crippen LogP contribution in [0, 0.1) is 5.92 Å². The Labute approximate surface area is 106 Å². The Morgan fingerprint density at radius 3 is 2.78 bits per heavy atom. The van der Waals surface area contributed by atoms with E-state index in [0.717, 1.165) is 0 Å². The SMILES string of the molecule is NCCC(CC(=O)NCc1nccs1)C(F)(F)F. The number of hydrogen-bond donors (Lipinski definition) is 2. The minimum absolute atomic E-state index is 0.0933. The average molecular weight is 281 g/mol. The van der Waals surface area contributed by atoms with E-state index in [0.29, 0.717) is 5.01 Å². The number of nitrogens with zero attached hydrogens (tertiary/aromatic N) is 1. The fraction of sp³-hybridized carbons (Fsp3) is 0.600. The highest BCUT2D eigenvalue weighted by atomic mass is 32.1. The predicted molar refractivity (Wildman–Crippen MR) is 61.8 cm³/mol. The number of nitrogens with one attached hydrogen (secondary N) is 1. The third-order valence-corrected chi connectivity index (χ3v) is 3.11. The van der Waals surface area contributed by atoms with E-state index in [1.807, 2.05) is 0 Å². The maximum absolute atomic E-state index is 12.5. The molecule has 0 saturated heterocycles. The second kappa shape index (κ2) is 6.69. The van der Waals surface area contributed by atoms with E-state index >= 15 is 0 Å². The quantitative estimate of drug-likeness (QED) is 0.833. The van der Waals surface area contributed by atoms with Crippen molar-refractivity contribution in [2.24, 2.45) is 11.7 Å². The van der Waals surface area contributed by atoms with E-state index in [-0.39, 0.29) is 19.5 Å². The molecule has 0 radical (unpaired) electrons. The van der Waals surface area contributed by atoms with Gasteiger partial charge in [0.25, 0.3) is 0 Å². The molecule has 4 nitrogen and oxygen atoms in total. The van der Waals surface area contributed by atoms with Crippen molar-refractivity contribution in [3.8, 4) is 0 Å². The number of halogens is 3. The van der Waals surface area contributed by atoms with Gasteiger partial charge in [-0.25, -0.2) is 4.98 Å². The lowest BCUT2D eigenvalue weighted by atomic mass is 10.0. The van der Waals surface area contributed by atoms with Crippen molar-refractivity contribution < 1.29 is 18.0 Å². The van der Waals surface area contributed by atoms with Crippen molar-refractivity contribution in [3.05, 3.63) is 16.6 Å². The number of carbonyl (C=O) groups excluding carboxylic acids is 1. The fourth-order valence-electron chi connectivity index (χ4n) is 1.39. The third-order valence-electron chi connectivity index (χ3n) is 2.33. The van der Waals surface area contributed by atoms with Crippen LogP contribution in [-0.2, 0) is 11.3 Å². The van der Waals surface area contributed by atoms with Gasteiger partial charge in [0, 0.05) is 18.0 Å². The van der Waals surface area contributed by atoms with E-state index in [4.69, 9.17) is 5.73 Å². The molecular formula is C10H14F3N3OS. The lowest BCUT2D eigenvalue weighted by molar-refractivity contribution is -0.180. The van der Waals surface area contributed by atoms with E-state index in [1.165, 1.54) is 11.3 Å². The summed E-state index contributed by atoms with van der Waals surface area (Å²) in [5.74, 6) is -2.32. The Morgan fingerprint density at radius 1 is 1.56 bits per heavy atom. The topological polar surface area (TPSA) is 68.0 Å². The molecule has 1 unspecified atom stereocenters. The first-order valence-corrected chi connectivity index (χ1v) is 6.23. The van der Waals surface area contributed by atoms with E-state index in [2.05, 4.69) is 10.3 Å². The van der Waals surface area contributed by atoms with Gasteiger partial charge in [-0.2, -0.15) is 13.2 Å². The molecule has 3 N–H and O–H groups in total. The first-order chi connectivity index (χ1) is 8.43. The van der Waals surface area contributed by atoms with E-state index in [1.54, 1.807) is 11.6 Å². The van der Waals surface area contributed by atoms with Crippen LogP contribution in [0.1, 0.15) is 17.8 Å². The number of thiazole rings is 1. The molecule has 102 valence electrons. The molecule has 0 saturated carbocycles. The number of amides is 1. The number of carbonyl (C=O) groups is 1. The van der Waals surface area contributed by atoms with Crippen LogP contribution < -0.4 is 11.1 Å². The van der Waals surface area contributed by atoms with Crippen LogP contribution in [0.15, 0.2) is 11.6 Å². The standard InChI is InChI=1S/C10H14F3N3OS/c11-10(12,13)7(1-2-14)5-8(17)16-6-9-15-3-4-18-9/h3-4,7H,1-2,5-6,14H2,(H,16,17). The van der Waals surface area contributed by atoms with Gasteiger partial charge < -0.3 is 11.1 Å². The molecule has 0 aliphatic carbocycles. The Bertz CT molecular complexity index is 367. The smallest absolute Gasteiger partial charge is 0.350 e. The van der Waals surface area contributed by atoms with E-state index < -0.39 is 24.4 Å². The number of nitrogens with two attached hydrogens (primary N) is 1. The first-order valence-electron chi connectivity index (χ1n) is 5.35. The molecule has 1 aromatic rings. The number of alkyl halides is 3. The van der Waals surface area contributed by atoms with Crippen molar-refractivity contribution in [1.29, 1.82) is 0 Å². The zero-order valence-electron chi connectivity index (χ0n) is 9.54. The molecule has 0 aliphatic heterocycles. The molecule has 1 aromatic heterocycles. The minimum atomic E-state index is -4.39. The van der Waals surface area contributed by atoms with E-state index in [9.17, 15) is 18.0 Å². The van der Waals surface area contributed by atoms with Gasteiger partial charge in [-0.15, -0.1) is 11.3 Å². The van der Waals surface area contributed by atoms with Gasteiger partial charge >= 0.3 is 6.18 Å². The zero-order chi connectivity index (χ0) is 13.6. The van der Waals surface area contributed by atoms with Crippen molar-refractivity contribution in [3.63, 3.8) is 0 Å². The molecule has 18 heavy (non-hydrogen) atoms. The van der Waals surface area contributed by atoms with Gasteiger partial charge in [0.1, 0.15) is 5.01 Å². The highest BCUT2D eigenvalue weighted by Gasteiger charge is 2.39. The molecule has 1 rings (SSSR count). The van der Waals surface area contributed by atoms with Crippen LogP contribution in [0.5, 0.6) is 0 Å². The van der Waals surface area contributed by atoms with Crippen LogP contribution >= 0.6 is 11.3 Å². The minimum Gasteiger partial charge on any atom is -0.350 e. The number of hydrogen-bond acceptors (Lipinski definition) is 4. The molecule has 8 heteroatoms. The molecule has 0 aromatic carbocycles. The largest absolute Gasteiger partial charge is 0.392 e. The van der Waals surface area contributed by atoms with Gasteiger partial charge in [0.05, 0.1) is 12.5 Å². The van der Waals surface area contributed by atoms with Gasteiger partial charge in [-0.3, -0.25) is 4.79 Å². The molecule has 1 amide bonds. The predicted octanol–water partition coefficient (Wildman–Crippen LogP) is 1.68. The van der Waals surface area contributed by atoms with Crippen LogP contribution in [0.25, 0.3) is 0 Å². The summed E-state index contributed by atoms with van der Waals surface area (Å²) in [5.41, 5.74) is 5.11. The Morgan fingerprint density at radius 2 is 2.28 bits per heavy atom. The van der Waals surface area contributed by atoms with Crippen LogP contribution in [0.2, 0.25) is 0 Å². The monoisotopic (exact) mass is 281 g/mol. The highest BCUT2D eigenvalue weighted by molar-refractivity contribution is 7.09. The maximum atomic E-state index is 12.5. The highest BCUT2D eigenvalue weighted by Crippen LogP contribution is 2.31. The summed E-state index contributed by atoms with van der Waals surface area (Å²) in [4.78, 5) is 15.3. The molecule has 1 heterocycles. The second-order valence-electron chi connectivity index (χ2n) is 3.72. The molecular weight excluding hydrogens is 267 g/mol. The molecule has 0 spiro atoms. The average Bonchev–Trinajstić information content (AvgIpc) is 2.77. The lowest BCUT2D eigenvalue weighted by Gasteiger charge is -2.18. The summed E-state index contributed by atoms with van der Waals surface area (Å²) in [6, 6.07) is 0. The fourth-order valence-corrected chi connectivity index (χ4v) is 1.95. The first kappa shape index (κ1) is 14.9. The zero-order valence-corrected chi connectivity index (χ0v) is 10.4. The normalized spacial score (nSPS) is 13.3. The van der Waals surface area contributed by atoms with Crippen LogP contribution in [0.3, 0.4) is 0 Å². The van der Waals surface area contributed by atoms with Crippen molar-refractivity contribution in [1.82, 2.24) is 10.3 Å². The summed E-state index contributed by atoms with van der Waals surface area (Å²) in [6.07, 6.45) is -3.66. The van der Waals surface area contributed by atoms with Crippen molar-refractivity contribution in [2.45, 2.75) is 25.6 Å². The molecule has 0 fully saturated rings. The maximum Gasteiger partial charge on any atom is 0.392 e. The Hall–Kier alpha value is -1.15. The van der Waals surface area contributed by atoms with Crippen LogP contribution in [-0.4, -0.2) is 23.6 Å². The third kappa shape index (κ3) is 5.01. The van der Waals surface area contributed by atoms with Crippen LogP contribution in [0.4, 0.5) is 13.2 Å². The van der Waals surface area contributed by atoms with Gasteiger partial charge in [-0.05, 0) is 13.0 Å². The Kier molecular flexibility index (Phi) is 5.54. The van der Waals surface area contributed by atoms with Gasteiger partial charge in [0.15, 0.2) is 0 Å². The second-order valence-corrected chi connectivity index (χ2v) is 4.70. The van der Waals surface area contributed by atoms with Gasteiger partial charge in [0.2, 0.25) is 5.91 Å². The Balaban J connectivity index is 2.41. The van der Waals surface area contributed by atoms with Crippen molar-refractivity contribution in [2.75, 3.05) is 6.54 Å². The summed E-state index contributed by atoms with van der Waals surface area (Å²) in [7, 11) is 0. The lowest BCUT2D eigenvalue weighted by Crippen LogP contribution is -2.32. The summed E-state index contributed by atoms with van der Waals surface area (Å²) >= 11 is 1.33. The summed E-state index contributed by atoms with van der Waals surface area (Å²) < 4.78 is 37.6. The number of aromatic nitrogens is 1. The van der Waals surface area contributed by atoms with Crippen molar-refractivity contribution >= 4 is 17.2 Å². The molecule has 0 aliphatic rings. The van der Waals surface area contributed by atoms with Gasteiger partial charge in [-0.1, -0.05) is 0 Å². The summed E-state index contributed by atoms with van der Waals surface area (Å²) in [6.45, 7) is 0.0631. The number of rotatable bonds is 6. The molecule has 0 bridgehead atoms. The molecule has 1 atom stereocenters.